The summed E-state index contributed by atoms with van der Waals surface area (Å²) in [5.41, 5.74) is 0. The van der Waals surface area contributed by atoms with Crippen LogP contribution in [0.4, 0.5) is 0 Å². The van der Waals surface area contributed by atoms with E-state index in [-0.39, 0.29) is 5.78 Å². The van der Waals surface area contributed by atoms with Crippen molar-refractivity contribution >= 4 is 16.2 Å². The van der Waals surface area contributed by atoms with Gasteiger partial charge in [-0.1, -0.05) is 4.68 Å². The normalized spacial score (nSPS) is 10.5. The lowest BCUT2D eigenvalue weighted by Crippen LogP contribution is -2.29. The van der Waals surface area contributed by atoms with E-state index < -0.39 is 10.4 Å². The minimum Gasteiger partial charge on any atom is -0.726 e. The van der Waals surface area contributed by atoms with E-state index in [9.17, 15) is 17.8 Å². The van der Waals surface area contributed by atoms with E-state index in [0.717, 1.165) is 7.11 Å². The summed E-state index contributed by atoms with van der Waals surface area (Å²) >= 11 is 0. The molecule has 0 aliphatic heterocycles. The van der Waals surface area contributed by atoms with Crippen molar-refractivity contribution in [3.8, 4) is 0 Å². The average molecular weight is 252 g/mol. The zero-order valence-electron chi connectivity index (χ0n) is 9.02. The highest BCUT2D eigenvalue weighted by Gasteiger charge is 2.05. The van der Waals surface area contributed by atoms with Crippen molar-refractivity contribution in [3.05, 3.63) is 6.33 Å². The highest BCUT2D eigenvalue weighted by Crippen LogP contribution is 1.76. The van der Waals surface area contributed by atoms with Gasteiger partial charge in [0.05, 0.1) is 14.2 Å². The minimum atomic E-state index is -4.41. The molecular formula is C6H12N4O5S. The van der Waals surface area contributed by atoms with Crippen molar-refractivity contribution in [1.82, 2.24) is 15.1 Å². The molecule has 1 rings (SSSR count). The molecule has 0 saturated heterocycles. The second kappa shape index (κ2) is 6.25. The number of carbonyl (C=O) groups excluding carboxylic acids is 1. The van der Waals surface area contributed by atoms with Crippen LogP contribution in [0.2, 0.25) is 0 Å². The third-order valence-electron chi connectivity index (χ3n) is 1.19. The number of rotatable bonds is 3. The third kappa shape index (κ3) is 7.96. The van der Waals surface area contributed by atoms with Gasteiger partial charge in [-0.05, 0) is 6.92 Å². The van der Waals surface area contributed by atoms with Gasteiger partial charge in [0, 0.05) is 0 Å². The van der Waals surface area contributed by atoms with Gasteiger partial charge < -0.3 is 4.55 Å². The number of nitrogens with zero attached hydrogens (tertiary/aromatic N) is 4. The van der Waals surface area contributed by atoms with Crippen LogP contribution in [0, 0.1) is 0 Å². The molecule has 1 aromatic heterocycles. The Bertz CT molecular complexity index is 440. The molecule has 1 heterocycles. The lowest BCUT2D eigenvalue weighted by molar-refractivity contribution is -0.731. The van der Waals surface area contributed by atoms with Crippen LogP contribution in [0.5, 0.6) is 0 Å². The first-order valence-corrected chi connectivity index (χ1v) is 5.35. The predicted octanol–water partition coefficient (Wildman–Crippen LogP) is -2.22. The van der Waals surface area contributed by atoms with Crippen LogP contribution in [0.25, 0.3) is 0 Å². The van der Waals surface area contributed by atoms with Crippen LogP contribution < -0.4 is 4.68 Å². The Labute approximate surface area is 92.6 Å². The Morgan fingerprint density at radius 2 is 2.12 bits per heavy atom. The second-order valence-corrected chi connectivity index (χ2v) is 3.89. The van der Waals surface area contributed by atoms with Crippen LogP contribution >= 0.6 is 0 Å². The zero-order chi connectivity index (χ0) is 12.8. The van der Waals surface area contributed by atoms with Gasteiger partial charge in [-0.15, -0.1) is 4.68 Å². The average Bonchev–Trinajstić information content (AvgIpc) is 2.50. The van der Waals surface area contributed by atoms with Crippen LogP contribution in [0.1, 0.15) is 6.92 Å². The number of aromatic nitrogens is 4. The molecule has 92 valence electrons. The van der Waals surface area contributed by atoms with E-state index in [1.54, 1.807) is 18.1 Å². The highest BCUT2D eigenvalue weighted by atomic mass is 32.3. The molecule has 9 nitrogen and oxygen atoms in total. The van der Waals surface area contributed by atoms with E-state index >= 15 is 0 Å². The van der Waals surface area contributed by atoms with Crippen molar-refractivity contribution < 1.29 is 26.6 Å². The van der Waals surface area contributed by atoms with Crippen LogP contribution in [-0.4, -0.2) is 41.0 Å². The molecule has 0 aliphatic carbocycles. The van der Waals surface area contributed by atoms with Crippen molar-refractivity contribution in [2.45, 2.75) is 13.5 Å². The third-order valence-corrected chi connectivity index (χ3v) is 1.59. The number of tetrazole rings is 1. The Kier molecular flexibility index (Phi) is 5.71. The fraction of sp³-hybridized carbons (Fsp3) is 0.667. The molecule has 0 aliphatic rings. The summed E-state index contributed by atoms with van der Waals surface area (Å²) < 4.78 is 34.1. The Hall–Kier alpha value is -1.39. The number of Topliss-reactive ketones (excluding diaryl/α,β-unsaturated/α-hetero) is 1. The van der Waals surface area contributed by atoms with Gasteiger partial charge in [0.2, 0.25) is 16.7 Å². The molecule has 0 atom stereocenters. The molecule has 0 fully saturated rings. The van der Waals surface area contributed by atoms with Crippen molar-refractivity contribution in [3.63, 3.8) is 0 Å². The van der Waals surface area contributed by atoms with E-state index in [0.29, 0.717) is 6.54 Å². The van der Waals surface area contributed by atoms with E-state index in [4.69, 9.17) is 0 Å². The summed E-state index contributed by atoms with van der Waals surface area (Å²) in [5.74, 6) is 0.0745. The molecule has 0 saturated carbocycles. The molecule has 0 radical (unpaired) electrons. The summed E-state index contributed by atoms with van der Waals surface area (Å²) in [4.78, 5) is 10.5. The first-order chi connectivity index (χ1) is 7.24. The van der Waals surface area contributed by atoms with E-state index in [2.05, 4.69) is 14.6 Å². The predicted molar refractivity (Wildman–Crippen MR) is 48.6 cm³/mol. The van der Waals surface area contributed by atoms with Crippen LogP contribution in [0.3, 0.4) is 0 Å². The standard InChI is InChI=1S/C5H9N4O.CH4O4S/c1-5(10)3-9-4-8(2)6-7-9;1-5-6(2,3)4/h4H,3H2,1-2H3;1H3,(H,2,3,4)/q+1;/p-1. The number of carbonyl (C=O) groups is 1. The Balaban J connectivity index is 0.000000325. The largest absolute Gasteiger partial charge is 0.726 e. The molecule has 10 heteroatoms. The summed E-state index contributed by atoms with van der Waals surface area (Å²) in [5, 5.41) is 7.31. The summed E-state index contributed by atoms with van der Waals surface area (Å²) in [6, 6.07) is 0. The molecule has 0 spiro atoms. The highest BCUT2D eigenvalue weighted by molar-refractivity contribution is 7.80. The van der Waals surface area contributed by atoms with E-state index in [1.807, 2.05) is 0 Å². The Morgan fingerprint density at radius 1 is 1.62 bits per heavy atom. The minimum absolute atomic E-state index is 0.0745. The van der Waals surface area contributed by atoms with Crippen LogP contribution in [-0.2, 0) is 33.0 Å². The first kappa shape index (κ1) is 14.6. The zero-order valence-corrected chi connectivity index (χ0v) is 9.84. The molecular weight excluding hydrogens is 240 g/mol. The lowest BCUT2D eigenvalue weighted by Gasteiger charge is -1.98. The number of hydrogen-bond acceptors (Lipinski definition) is 7. The van der Waals surface area contributed by atoms with Crippen molar-refractivity contribution in [1.29, 1.82) is 0 Å². The fourth-order valence-corrected chi connectivity index (χ4v) is 0.654. The monoisotopic (exact) mass is 252 g/mol. The second-order valence-electron chi connectivity index (χ2n) is 2.74. The van der Waals surface area contributed by atoms with Gasteiger partial charge in [-0.2, -0.15) is 0 Å². The maximum Gasteiger partial charge on any atom is 0.244 e. The maximum atomic E-state index is 10.5. The topological polar surface area (TPSA) is 118 Å². The molecule has 0 aromatic carbocycles. The maximum absolute atomic E-state index is 10.5. The van der Waals surface area contributed by atoms with Gasteiger partial charge in [-0.3, -0.25) is 8.98 Å². The molecule has 0 unspecified atom stereocenters. The molecule has 0 bridgehead atoms. The van der Waals surface area contributed by atoms with Gasteiger partial charge in [0.1, 0.15) is 5.21 Å². The number of aryl methyl sites for hydroxylation is 1. The Morgan fingerprint density at radius 3 is 2.38 bits per heavy atom. The molecule has 16 heavy (non-hydrogen) atoms. The summed E-state index contributed by atoms with van der Waals surface area (Å²) in [7, 11) is -1.85. The SMILES string of the molecule is CC(=O)Cn1c[n+](C)nn1.COS(=O)(=O)[O-]. The molecule has 0 amide bonds. The number of ketones is 1. The molecule has 0 N–H and O–H groups in total. The van der Waals surface area contributed by atoms with Crippen molar-refractivity contribution in [2.75, 3.05) is 7.11 Å². The first-order valence-electron chi connectivity index (χ1n) is 4.01. The lowest BCUT2D eigenvalue weighted by atomic mass is 10.5. The van der Waals surface area contributed by atoms with Gasteiger partial charge in [0.25, 0.3) is 0 Å². The molecule has 1 aromatic rings. The smallest absolute Gasteiger partial charge is 0.244 e. The van der Waals surface area contributed by atoms with Gasteiger partial charge >= 0.3 is 0 Å². The quantitative estimate of drug-likeness (QED) is 0.340. The van der Waals surface area contributed by atoms with Gasteiger partial charge in [-0.25, -0.2) is 8.42 Å². The van der Waals surface area contributed by atoms with E-state index in [1.165, 1.54) is 11.6 Å². The van der Waals surface area contributed by atoms with Crippen molar-refractivity contribution in [2.24, 2.45) is 7.05 Å². The fourth-order valence-electron chi connectivity index (χ4n) is 0.654. The van der Waals surface area contributed by atoms with Crippen LogP contribution in [0.15, 0.2) is 6.33 Å². The van der Waals surface area contributed by atoms with Gasteiger partial charge in [0.15, 0.2) is 17.5 Å². The number of hydrogen-bond donors (Lipinski definition) is 0. The summed E-state index contributed by atoms with van der Waals surface area (Å²) in [6.45, 7) is 1.82. The summed E-state index contributed by atoms with van der Waals surface area (Å²) in [6.07, 6.45) is 1.65.